The lowest BCUT2D eigenvalue weighted by Gasteiger charge is -2.33. The molecular formula is C13H20. The topological polar surface area (TPSA) is 0 Å². The van der Waals surface area contributed by atoms with Crippen molar-refractivity contribution in [2.45, 2.75) is 39.5 Å². The fourth-order valence-corrected chi connectivity index (χ4v) is 2.61. The van der Waals surface area contributed by atoms with Crippen LogP contribution in [0.25, 0.3) is 0 Å². The second-order valence-corrected chi connectivity index (χ2v) is 4.80. The number of rotatable bonds is 1. The molecule has 2 aliphatic carbocycles. The molecule has 0 heteroatoms. The van der Waals surface area contributed by atoms with Gasteiger partial charge in [0.05, 0.1) is 0 Å². The van der Waals surface area contributed by atoms with Gasteiger partial charge in [-0.2, -0.15) is 0 Å². The lowest BCUT2D eigenvalue weighted by Crippen LogP contribution is -2.20. The summed E-state index contributed by atoms with van der Waals surface area (Å²) in [5, 5.41) is 0. The predicted octanol–water partition coefficient (Wildman–Crippen LogP) is 3.95. The van der Waals surface area contributed by atoms with Crippen LogP contribution in [0.2, 0.25) is 0 Å². The summed E-state index contributed by atoms with van der Waals surface area (Å²) in [5.74, 6) is 2.60. The highest BCUT2D eigenvalue weighted by Crippen LogP contribution is 2.38. The van der Waals surface area contributed by atoms with Gasteiger partial charge in [-0.3, -0.25) is 0 Å². The summed E-state index contributed by atoms with van der Waals surface area (Å²) in [5.41, 5.74) is 1.69. The average molecular weight is 176 g/mol. The quantitative estimate of drug-likeness (QED) is 0.531. The molecule has 0 saturated heterocycles. The molecule has 0 N–H and O–H groups in total. The summed E-state index contributed by atoms with van der Waals surface area (Å²) in [6.45, 7) is 4.64. The Morgan fingerprint density at radius 3 is 3.00 bits per heavy atom. The first-order valence-electron chi connectivity index (χ1n) is 5.63. The fraction of sp³-hybridized carbons (Fsp3) is 0.692. The highest BCUT2D eigenvalue weighted by Gasteiger charge is 2.25. The molecule has 0 radical (unpaired) electrons. The molecule has 0 aliphatic heterocycles. The second-order valence-electron chi connectivity index (χ2n) is 4.80. The van der Waals surface area contributed by atoms with E-state index >= 15 is 0 Å². The van der Waals surface area contributed by atoms with E-state index in [0.717, 1.165) is 17.8 Å². The second kappa shape index (κ2) is 3.69. The van der Waals surface area contributed by atoms with E-state index in [4.69, 9.17) is 0 Å². The summed E-state index contributed by atoms with van der Waals surface area (Å²) in [6, 6.07) is 0. The number of hydrogen-bond donors (Lipinski definition) is 0. The Hall–Kier alpha value is -0.520. The highest BCUT2D eigenvalue weighted by molar-refractivity contribution is 5.15. The van der Waals surface area contributed by atoms with Crippen LogP contribution in [0.5, 0.6) is 0 Å². The fourth-order valence-electron chi connectivity index (χ4n) is 2.61. The molecule has 0 aromatic rings. The SMILES string of the molecule is CC(C)C1=CCC2CCC=CC2C1. The average Bonchev–Trinajstić information content (AvgIpc) is 2.17. The van der Waals surface area contributed by atoms with Gasteiger partial charge in [-0.15, -0.1) is 0 Å². The third-order valence-corrected chi connectivity index (χ3v) is 3.59. The molecule has 72 valence electrons. The maximum atomic E-state index is 2.50. The van der Waals surface area contributed by atoms with E-state index in [1.165, 1.54) is 25.7 Å². The Kier molecular flexibility index (Phi) is 2.57. The monoisotopic (exact) mass is 176 g/mol. The van der Waals surface area contributed by atoms with Crippen LogP contribution in [0.1, 0.15) is 39.5 Å². The van der Waals surface area contributed by atoms with Crippen LogP contribution in [0.4, 0.5) is 0 Å². The van der Waals surface area contributed by atoms with E-state index in [0.29, 0.717) is 0 Å². The normalized spacial score (nSPS) is 33.0. The van der Waals surface area contributed by atoms with Crippen molar-refractivity contribution in [3.05, 3.63) is 23.8 Å². The van der Waals surface area contributed by atoms with Gasteiger partial charge < -0.3 is 0 Å². The molecule has 2 unspecified atom stereocenters. The molecule has 0 nitrogen and oxygen atoms in total. The summed E-state index contributed by atoms with van der Waals surface area (Å²) in [4.78, 5) is 0. The molecule has 0 saturated carbocycles. The van der Waals surface area contributed by atoms with Gasteiger partial charge in [-0.05, 0) is 43.4 Å². The molecule has 0 heterocycles. The van der Waals surface area contributed by atoms with E-state index < -0.39 is 0 Å². The lowest BCUT2D eigenvalue weighted by molar-refractivity contribution is 0.331. The lowest BCUT2D eigenvalue weighted by atomic mass is 9.73. The molecule has 0 aromatic carbocycles. The number of allylic oxidation sites excluding steroid dienone is 4. The van der Waals surface area contributed by atoms with Crippen LogP contribution in [0.15, 0.2) is 23.8 Å². The molecule has 2 aliphatic rings. The number of hydrogen-bond acceptors (Lipinski definition) is 0. The zero-order chi connectivity index (χ0) is 9.26. The van der Waals surface area contributed by atoms with Gasteiger partial charge in [-0.1, -0.05) is 37.6 Å². The van der Waals surface area contributed by atoms with E-state index in [2.05, 4.69) is 32.1 Å². The van der Waals surface area contributed by atoms with Crippen molar-refractivity contribution < 1.29 is 0 Å². The summed E-state index contributed by atoms with van der Waals surface area (Å²) in [6.07, 6.45) is 12.7. The van der Waals surface area contributed by atoms with Crippen molar-refractivity contribution in [3.63, 3.8) is 0 Å². The van der Waals surface area contributed by atoms with Crippen LogP contribution in [0, 0.1) is 17.8 Å². The molecule has 0 fully saturated rings. The standard InChI is InChI=1S/C13H20/c1-10(2)12-8-7-11-5-3-4-6-13(11)9-12/h4,6,8,10-11,13H,3,5,7,9H2,1-2H3. The number of fused-ring (bicyclic) bond motifs is 1. The minimum Gasteiger partial charge on any atom is -0.0882 e. The zero-order valence-electron chi connectivity index (χ0n) is 8.79. The summed E-state index contributed by atoms with van der Waals surface area (Å²) < 4.78 is 0. The molecule has 13 heavy (non-hydrogen) atoms. The van der Waals surface area contributed by atoms with E-state index in [-0.39, 0.29) is 0 Å². The minimum atomic E-state index is 0.760. The van der Waals surface area contributed by atoms with E-state index in [1.807, 2.05) is 0 Å². The molecule has 0 aromatic heterocycles. The Balaban J connectivity index is 2.08. The maximum Gasteiger partial charge on any atom is -0.0165 e. The van der Waals surface area contributed by atoms with Crippen molar-refractivity contribution in [2.24, 2.45) is 17.8 Å². The highest BCUT2D eigenvalue weighted by atomic mass is 14.3. The van der Waals surface area contributed by atoms with Crippen LogP contribution in [-0.4, -0.2) is 0 Å². The molecule has 2 atom stereocenters. The molecule has 0 bridgehead atoms. The molecule has 2 rings (SSSR count). The van der Waals surface area contributed by atoms with E-state index in [9.17, 15) is 0 Å². The molecule has 0 spiro atoms. The smallest absolute Gasteiger partial charge is 0.0165 e. The third-order valence-electron chi connectivity index (χ3n) is 3.59. The first-order chi connectivity index (χ1) is 6.27. The predicted molar refractivity (Wildman–Crippen MR) is 57.5 cm³/mol. The van der Waals surface area contributed by atoms with Gasteiger partial charge in [0.1, 0.15) is 0 Å². The third kappa shape index (κ3) is 1.87. The first-order valence-corrected chi connectivity index (χ1v) is 5.63. The first kappa shape index (κ1) is 9.05. The molecule has 0 amide bonds. The Morgan fingerprint density at radius 1 is 1.38 bits per heavy atom. The van der Waals surface area contributed by atoms with Gasteiger partial charge in [0.25, 0.3) is 0 Å². The van der Waals surface area contributed by atoms with Crippen LogP contribution >= 0.6 is 0 Å². The van der Waals surface area contributed by atoms with Crippen LogP contribution < -0.4 is 0 Å². The van der Waals surface area contributed by atoms with Gasteiger partial charge in [0.2, 0.25) is 0 Å². The van der Waals surface area contributed by atoms with E-state index in [1.54, 1.807) is 5.57 Å². The van der Waals surface area contributed by atoms with Crippen LogP contribution in [0.3, 0.4) is 0 Å². The van der Waals surface area contributed by atoms with Crippen molar-refractivity contribution in [2.75, 3.05) is 0 Å². The van der Waals surface area contributed by atoms with Crippen LogP contribution in [-0.2, 0) is 0 Å². The van der Waals surface area contributed by atoms with Crippen molar-refractivity contribution in [1.82, 2.24) is 0 Å². The van der Waals surface area contributed by atoms with Gasteiger partial charge in [0, 0.05) is 0 Å². The summed E-state index contributed by atoms with van der Waals surface area (Å²) in [7, 11) is 0. The Morgan fingerprint density at radius 2 is 2.23 bits per heavy atom. The zero-order valence-corrected chi connectivity index (χ0v) is 8.79. The minimum absolute atomic E-state index is 0.760. The maximum absolute atomic E-state index is 2.50. The summed E-state index contributed by atoms with van der Waals surface area (Å²) >= 11 is 0. The van der Waals surface area contributed by atoms with Gasteiger partial charge in [0.15, 0.2) is 0 Å². The molecular weight excluding hydrogens is 156 g/mol. The Bertz CT molecular complexity index is 232. The van der Waals surface area contributed by atoms with Gasteiger partial charge in [-0.25, -0.2) is 0 Å². The van der Waals surface area contributed by atoms with Crippen molar-refractivity contribution >= 4 is 0 Å². The Labute approximate surface area is 81.7 Å². The van der Waals surface area contributed by atoms with Crippen molar-refractivity contribution in [3.8, 4) is 0 Å². The largest absolute Gasteiger partial charge is 0.0882 e. The van der Waals surface area contributed by atoms with Crippen molar-refractivity contribution in [1.29, 1.82) is 0 Å². The van der Waals surface area contributed by atoms with Gasteiger partial charge >= 0.3 is 0 Å².